The maximum absolute atomic E-state index is 13.6. The molecule has 3 rings (SSSR count). The van der Waals surface area contributed by atoms with Gasteiger partial charge in [-0.25, -0.2) is 0 Å². The lowest BCUT2D eigenvalue weighted by atomic mass is 9.86. The first kappa shape index (κ1) is 34.8. The number of phenolic OH excluding ortho intramolecular Hbond substituents is 1. The minimum atomic E-state index is -0.870. The third-order valence-corrected chi connectivity index (χ3v) is 12.4. The van der Waals surface area contributed by atoms with E-state index in [4.69, 9.17) is 11.6 Å². The van der Waals surface area contributed by atoms with Crippen LogP contribution in [0, 0.1) is 5.92 Å². The Balaban J connectivity index is 1.82. The quantitative estimate of drug-likeness (QED) is 0.289. The number of hydrogen-bond donors (Lipinski definition) is 5. The molecule has 234 valence electrons. The highest BCUT2D eigenvalue weighted by molar-refractivity contribution is 8.77. The molecule has 1 heterocycles. The van der Waals surface area contributed by atoms with Crippen LogP contribution >= 0.6 is 33.2 Å². The summed E-state index contributed by atoms with van der Waals surface area (Å²) in [6.07, 6.45) is 0.567. The van der Waals surface area contributed by atoms with Crippen LogP contribution in [0.3, 0.4) is 0 Å². The fourth-order valence-electron chi connectivity index (χ4n) is 4.49. The molecular weight excluding hydrogens is 608 g/mol. The van der Waals surface area contributed by atoms with Crippen LogP contribution < -0.4 is 21.7 Å². The summed E-state index contributed by atoms with van der Waals surface area (Å²) < 4.78 is -1.17. The van der Waals surface area contributed by atoms with Gasteiger partial charge in [-0.3, -0.25) is 19.2 Å². The zero-order valence-corrected chi connectivity index (χ0v) is 27.6. The summed E-state index contributed by atoms with van der Waals surface area (Å²) in [6, 6.07) is 11.9. The second-order valence-electron chi connectivity index (χ2n) is 12.1. The van der Waals surface area contributed by atoms with Gasteiger partial charge in [0.2, 0.25) is 17.7 Å². The fraction of sp³-hybridized carbons (Fsp3) is 0.484. The summed E-state index contributed by atoms with van der Waals surface area (Å²) in [6.45, 7) is 9.41. The molecule has 0 unspecified atom stereocenters. The fourth-order valence-corrected chi connectivity index (χ4v) is 7.62. The van der Waals surface area contributed by atoms with Gasteiger partial charge in [-0.15, -0.1) is 0 Å². The van der Waals surface area contributed by atoms with Crippen LogP contribution in [0.4, 0.5) is 0 Å². The number of aromatic hydroxyl groups is 1. The molecule has 0 spiro atoms. The Hall–Kier alpha value is -2.73. The zero-order valence-electron chi connectivity index (χ0n) is 25.2. The Morgan fingerprint density at radius 3 is 2.16 bits per heavy atom. The van der Waals surface area contributed by atoms with E-state index in [1.165, 1.54) is 10.8 Å². The third kappa shape index (κ3) is 10.2. The molecule has 1 saturated heterocycles. The van der Waals surface area contributed by atoms with E-state index < -0.39 is 39.3 Å². The number of amides is 3. The van der Waals surface area contributed by atoms with E-state index in [9.17, 15) is 24.3 Å². The maximum Gasteiger partial charge on any atom is 0.243 e. The minimum absolute atomic E-state index is 0.0494. The van der Waals surface area contributed by atoms with E-state index in [0.29, 0.717) is 11.4 Å². The number of carbonyl (C=O) groups is 4. The molecule has 12 heteroatoms. The highest BCUT2D eigenvalue weighted by atomic mass is 35.5. The SMILES string of the molecule is C[C@@H]1NC(=O)[C@H](Cc2ccc(Cl)cc2)NC(=O)CNC(=O)[C@H](CC(=O)[C@@H]([NH3+])Cc2ccc(O)cc2)C(C)(C)SSC1(C)C. The van der Waals surface area contributed by atoms with Crippen molar-refractivity contribution < 1.29 is 30.0 Å². The van der Waals surface area contributed by atoms with Crippen LogP contribution in [0.2, 0.25) is 5.02 Å². The van der Waals surface area contributed by atoms with Crippen LogP contribution in [0.15, 0.2) is 48.5 Å². The monoisotopic (exact) mass is 649 g/mol. The minimum Gasteiger partial charge on any atom is -0.508 e. The van der Waals surface area contributed by atoms with Gasteiger partial charge in [-0.05, 0) is 70.0 Å². The van der Waals surface area contributed by atoms with Crippen LogP contribution in [-0.4, -0.2) is 62.8 Å². The first-order valence-corrected chi connectivity index (χ1v) is 16.7. The van der Waals surface area contributed by atoms with Crippen LogP contribution in [0.5, 0.6) is 5.75 Å². The van der Waals surface area contributed by atoms with Gasteiger partial charge in [0, 0.05) is 39.8 Å². The van der Waals surface area contributed by atoms with E-state index in [0.717, 1.165) is 11.1 Å². The van der Waals surface area contributed by atoms with E-state index >= 15 is 0 Å². The molecule has 2 aromatic carbocycles. The Morgan fingerprint density at radius 1 is 0.953 bits per heavy atom. The third-order valence-electron chi connectivity index (χ3n) is 7.74. The Bertz CT molecular complexity index is 1300. The van der Waals surface area contributed by atoms with Crippen molar-refractivity contribution in [2.45, 2.75) is 81.5 Å². The van der Waals surface area contributed by atoms with E-state index in [2.05, 4.69) is 21.7 Å². The molecule has 0 radical (unpaired) electrons. The molecular formula is C31H42ClN4O5S2+. The van der Waals surface area contributed by atoms with Crippen LogP contribution in [0.1, 0.15) is 52.2 Å². The number of Topliss-reactive ketones (excluding diaryl/α,β-unsaturated/α-hetero) is 1. The second-order valence-corrected chi connectivity index (χ2v) is 15.9. The van der Waals surface area contributed by atoms with Crippen molar-refractivity contribution in [2.75, 3.05) is 6.54 Å². The second kappa shape index (κ2) is 14.8. The first-order valence-electron chi connectivity index (χ1n) is 14.2. The average Bonchev–Trinajstić information content (AvgIpc) is 2.94. The number of carbonyl (C=O) groups excluding carboxylic acids is 4. The maximum atomic E-state index is 13.6. The lowest BCUT2D eigenvalue weighted by Gasteiger charge is -2.38. The van der Waals surface area contributed by atoms with Crippen molar-refractivity contribution in [1.29, 1.82) is 0 Å². The summed E-state index contributed by atoms with van der Waals surface area (Å²) in [5, 5.41) is 18.7. The van der Waals surface area contributed by atoms with Crippen LogP contribution in [-0.2, 0) is 32.0 Å². The predicted octanol–water partition coefficient (Wildman–Crippen LogP) is 3.07. The summed E-state index contributed by atoms with van der Waals surface area (Å²) in [4.78, 5) is 53.3. The number of ketones is 1. The highest BCUT2D eigenvalue weighted by Crippen LogP contribution is 2.49. The summed E-state index contributed by atoms with van der Waals surface area (Å²) >= 11 is 6.02. The molecule has 1 aliphatic rings. The molecule has 0 saturated carbocycles. The van der Waals surface area contributed by atoms with Crippen molar-refractivity contribution in [2.24, 2.45) is 5.92 Å². The molecule has 1 fully saturated rings. The van der Waals surface area contributed by atoms with Crippen molar-refractivity contribution in [3.63, 3.8) is 0 Å². The molecule has 0 bridgehead atoms. The van der Waals surface area contributed by atoms with Gasteiger partial charge >= 0.3 is 0 Å². The molecule has 1 aliphatic heterocycles. The molecule has 4 atom stereocenters. The number of hydrogen-bond acceptors (Lipinski definition) is 7. The first-order chi connectivity index (χ1) is 20.1. The van der Waals surface area contributed by atoms with Gasteiger partial charge in [0.25, 0.3) is 0 Å². The van der Waals surface area contributed by atoms with E-state index in [1.807, 2.05) is 34.6 Å². The summed E-state index contributed by atoms with van der Waals surface area (Å²) in [5.74, 6) is -2.03. The van der Waals surface area contributed by atoms with Gasteiger partial charge in [0.1, 0.15) is 17.8 Å². The van der Waals surface area contributed by atoms with Gasteiger partial charge in [-0.1, -0.05) is 57.5 Å². The molecule has 43 heavy (non-hydrogen) atoms. The van der Waals surface area contributed by atoms with Gasteiger partial charge in [0.05, 0.1) is 12.5 Å². The molecule has 0 aromatic heterocycles. The van der Waals surface area contributed by atoms with Crippen molar-refractivity contribution in [3.05, 3.63) is 64.7 Å². The predicted molar refractivity (Wildman–Crippen MR) is 173 cm³/mol. The van der Waals surface area contributed by atoms with Crippen LogP contribution in [0.25, 0.3) is 0 Å². The smallest absolute Gasteiger partial charge is 0.243 e. The van der Waals surface area contributed by atoms with Gasteiger partial charge in [-0.2, -0.15) is 0 Å². The van der Waals surface area contributed by atoms with E-state index in [1.54, 1.807) is 59.3 Å². The highest BCUT2D eigenvalue weighted by Gasteiger charge is 2.42. The van der Waals surface area contributed by atoms with Gasteiger partial charge in [0.15, 0.2) is 5.78 Å². The Morgan fingerprint density at radius 2 is 1.53 bits per heavy atom. The molecule has 7 N–H and O–H groups in total. The number of halogens is 1. The molecule has 9 nitrogen and oxygen atoms in total. The standard InChI is InChI=1S/C31H41ClN4O5S2/c1-18-30(2,3)42-43-31(4,5)23(16-26(38)24(33)14-19-8-12-22(37)13-9-19)28(40)34-17-27(39)36-25(29(41)35-18)15-20-6-10-21(32)11-7-20/h6-13,18,23-25,37H,14-17,33H2,1-5H3,(H,34,40)(H,35,41)(H,36,39)/p+1/t18-,23-,24-,25-/m0/s1. The number of quaternary nitrogens is 1. The van der Waals surface area contributed by atoms with Crippen molar-refractivity contribution in [1.82, 2.24) is 16.0 Å². The molecule has 0 aliphatic carbocycles. The summed E-state index contributed by atoms with van der Waals surface area (Å²) in [7, 11) is 3.03. The summed E-state index contributed by atoms with van der Waals surface area (Å²) in [5.41, 5.74) is 5.73. The lowest BCUT2D eigenvalue weighted by Crippen LogP contribution is -2.66. The largest absolute Gasteiger partial charge is 0.508 e. The topological polar surface area (TPSA) is 152 Å². The van der Waals surface area contributed by atoms with E-state index in [-0.39, 0.29) is 42.9 Å². The zero-order chi connectivity index (χ0) is 31.9. The Kier molecular flexibility index (Phi) is 12.0. The average molecular weight is 650 g/mol. The molecule has 2 aromatic rings. The van der Waals surface area contributed by atoms with Crippen molar-refractivity contribution in [3.8, 4) is 5.75 Å². The van der Waals surface area contributed by atoms with Gasteiger partial charge < -0.3 is 26.8 Å². The number of phenols is 1. The molecule has 3 amide bonds. The number of benzene rings is 2. The number of nitrogens with one attached hydrogen (secondary N) is 3. The van der Waals surface area contributed by atoms with Crippen molar-refractivity contribution >= 4 is 56.7 Å². The Labute approximate surface area is 266 Å². The number of rotatable bonds is 7. The normalized spacial score (nSPS) is 23.7. The lowest BCUT2D eigenvalue weighted by molar-refractivity contribution is -0.402.